The molecule has 4 heteroatoms. The van der Waals surface area contributed by atoms with Crippen molar-refractivity contribution in [3.63, 3.8) is 0 Å². The Bertz CT molecular complexity index is 299. The predicted octanol–water partition coefficient (Wildman–Crippen LogP) is 3.49. The maximum absolute atomic E-state index is 9.58. The number of benzene rings is 1. The predicted molar refractivity (Wildman–Crippen MR) is 56.6 cm³/mol. The zero-order valence-corrected chi connectivity index (χ0v) is 9.24. The number of alkyl halides is 2. The van der Waals surface area contributed by atoms with E-state index in [1.54, 1.807) is 18.2 Å². The van der Waals surface area contributed by atoms with Gasteiger partial charge >= 0.3 is 0 Å². The van der Waals surface area contributed by atoms with Crippen molar-refractivity contribution in [1.29, 1.82) is 0 Å². The normalized spacial score (nSPS) is 13.4. The Labute approximate surface area is 92.2 Å². The molecule has 1 nitrogen and oxygen atoms in total. The van der Waals surface area contributed by atoms with Crippen LogP contribution in [-0.4, -0.2) is 9.94 Å². The second-order valence-electron chi connectivity index (χ2n) is 2.73. The molecule has 1 atom stereocenters. The molecule has 13 heavy (non-hydrogen) atoms. The van der Waals surface area contributed by atoms with Crippen molar-refractivity contribution < 1.29 is 5.11 Å². The average molecular weight is 240 g/mol. The Morgan fingerprint density at radius 2 is 1.92 bits per heavy atom. The van der Waals surface area contributed by atoms with E-state index in [0.29, 0.717) is 10.6 Å². The Balaban J connectivity index is 3.07. The third-order valence-corrected chi connectivity index (χ3v) is 2.75. The molecular weight excluding hydrogens is 230 g/mol. The largest absolute Gasteiger partial charge is 0.386 e. The van der Waals surface area contributed by atoms with Gasteiger partial charge in [0.1, 0.15) is 10.9 Å². The summed E-state index contributed by atoms with van der Waals surface area (Å²) in [6.45, 7) is 1.82. The topological polar surface area (TPSA) is 20.2 Å². The van der Waals surface area contributed by atoms with Crippen LogP contribution in [0.1, 0.15) is 17.2 Å². The fourth-order valence-electron chi connectivity index (χ4n) is 1.08. The SMILES string of the molecule is Cc1c(Cl)cccc1C(O)C(Cl)Cl. The lowest BCUT2D eigenvalue weighted by atomic mass is 10.0. The minimum absolute atomic E-state index is 0.602. The van der Waals surface area contributed by atoms with E-state index >= 15 is 0 Å². The standard InChI is InChI=1S/C9H9Cl3O/c1-5-6(8(13)9(11)12)3-2-4-7(5)10/h2-4,8-9,13H,1H3. The van der Waals surface area contributed by atoms with Crippen LogP contribution in [0.3, 0.4) is 0 Å². The summed E-state index contributed by atoms with van der Waals surface area (Å²) in [6, 6.07) is 5.26. The van der Waals surface area contributed by atoms with E-state index in [1.807, 2.05) is 6.92 Å². The lowest BCUT2D eigenvalue weighted by Gasteiger charge is -2.14. The first kappa shape index (κ1) is 11.1. The van der Waals surface area contributed by atoms with Gasteiger partial charge in [-0.15, -0.1) is 23.2 Å². The molecule has 72 valence electrons. The summed E-state index contributed by atoms with van der Waals surface area (Å²) in [5, 5.41) is 10.2. The summed E-state index contributed by atoms with van der Waals surface area (Å²) in [5.41, 5.74) is 1.48. The molecule has 0 radical (unpaired) electrons. The van der Waals surface area contributed by atoms with Gasteiger partial charge in [-0.3, -0.25) is 0 Å². The third-order valence-electron chi connectivity index (χ3n) is 1.87. The Morgan fingerprint density at radius 1 is 1.31 bits per heavy atom. The molecule has 0 aliphatic carbocycles. The van der Waals surface area contributed by atoms with E-state index < -0.39 is 10.9 Å². The van der Waals surface area contributed by atoms with Crippen LogP contribution in [0, 0.1) is 6.92 Å². The van der Waals surface area contributed by atoms with Crippen molar-refractivity contribution in [2.45, 2.75) is 17.9 Å². The molecule has 0 aromatic heterocycles. The Hall–Kier alpha value is 0.0500. The van der Waals surface area contributed by atoms with Crippen molar-refractivity contribution in [2.24, 2.45) is 0 Å². The first-order valence-electron chi connectivity index (χ1n) is 3.75. The minimum atomic E-state index is -0.887. The highest BCUT2D eigenvalue weighted by atomic mass is 35.5. The number of aliphatic hydroxyl groups excluding tert-OH is 1. The van der Waals surface area contributed by atoms with Crippen LogP contribution in [0.2, 0.25) is 5.02 Å². The molecule has 0 bridgehead atoms. The van der Waals surface area contributed by atoms with Crippen LogP contribution in [0.25, 0.3) is 0 Å². The molecular formula is C9H9Cl3O. The van der Waals surface area contributed by atoms with Crippen LogP contribution in [0.4, 0.5) is 0 Å². The van der Waals surface area contributed by atoms with Gasteiger partial charge in [0.25, 0.3) is 0 Å². The third kappa shape index (κ3) is 2.50. The summed E-state index contributed by atoms with van der Waals surface area (Å²) < 4.78 is 0. The average Bonchev–Trinajstić information content (AvgIpc) is 2.08. The summed E-state index contributed by atoms with van der Waals surface area (Å²) in [7, 11) is 0. The molecule has 0 saturated carbocycles. The van der Waals surface area contributed by atoms with Gasteiger partial charge < -0.3 is 5.11 Å². The highest BCUT2D eigenvalue weighted by Crippen LogP contribution is 2.29. The van der Waals surface area contributed by atoms with E-state index in [1.165, 1.54) is 0 Å². The van der Waals surface area contributed by atoms with Gasteiger partial charge in [0.15, 0.2) is 0 Å². The van der Waals surface area contributed by atoms with Gasteiger partial charge in [0.05, 0.1) is 0 Å². The van der Waals surface area contributed by atoms with Crippen LogP contribution in [0.15, 0.2) is 18.2 Å². The van der Waals surface area contributed by atoms with Crippen molar-refractivity contribution >= 4 is 34.8 Å². The monoisotopic (exact) mass is 238 g/mol. The number of halogens is 3. The van der Waals surface area contributed by atoms with Gasteiger partial charge in [0.2, 0.25) is 0 Å². The van der Waals surface area contributed by atoms with E-state index in [2.05, 4.69) is 0 Å². The molecule has 1 unspecified atom stereocenters. The fourth-order valence-corrected chi connectivity index (χ4v) is 1.53. The van der Waals surface area contributed by atoms with Gasteiger partial charge in [-0.05, 0) is 24.1 Å². The van der Waals surface area contributed by atoms with Crippen LogP contribution in [0.5, 0.6) is 0 Å². The molecule has 1 N–H and O–H groups in total. The van der Waals surface area contributed by atoms with Crippen LogP contribution < -0.4 is 0 Å². The fraction of sp³-hybridized carbons (Fsp3) is 0.333. The lowest BCUT2D eigenvalue weighted by Crippen LogP contribution is -2.07. The molecule has 0 aliphatic rings. The highest BCUT2D eigenvalue weighted by molar-refractivity contribution is 6.44. The summed E-state index contributed by atoms with van der Waals surface area (Å²) >= 11 is 17.0. The molecule has 0 heterocycles. The van der Waals surface area contributed by atoms with Gasteiger partial charge in [-0.1, -0.05) is 23.7 Å². The molecule has 1 rings (SSSR count). The lowest BCUT2D eigenvalue weighted by molar-refractivity contribution is 0.192. The molecule has 0 amide bonds. The van der Waals surface area contributed by atoms with Gasteiger partial charge in [-0.25, -0.2) is 0 Å². The molecule has 1 aromatic carbocycles. The van der Waals surface area contributed by atoms with Gasteiger partial charge in [-0.2, -0.15) is 0 Å². The van der Waals surface area contributed by atoms with Crippen molar-refractivity contribution in [3.05, 3.63) is 34.3 Å². The van der Waals surface area contributed by atoms with E-state index in [0.717, 1.165) is 5.56 Å². The molecule has 0 spiro atoms. The number of rotatable bonds is 2. The molecule has 0 aliphatic heterocycles. The van der Waals surface area contributed by atoms with Crippen molar-refractivity contribution in [2.75, 3.05) is 0 Å². The van der Waals surface area contributed by atoms with E-state index in [-0.39, 0.29) is 0 Å². The van der Waals surface area contributed by atoms with E-state index in [4.69, 9.17) is 34.8 Å². The van der Waals surface area contributed by atoms with Crippen LogP contribution >= 0.6 is 34.8 Å². The van der Waals surface area contributed by atoms with Crippen LogP contribution in [-0.2, 0) is 0 Å². The zero-order chi connectivity index (χ0) is 10.0. The molecule has 1 aromatic rings. The number of hydrogen-bond donors (Lipinski definition) is 1. The Morgan fingerprint density at radius 3 is 2.46 bits per heavy atom. The number of aliphatic hydroxyl groups is 1. The second-order valence-corrected chi connectivity index (χ2v) is 4.30. The summed E-state index contributed by atoms with van der Waals surface area (Å²) in [4.78, 5) is -0.836. The van der Waals surface area contributed by atoms with Crippen molar-refractivity contribution in [1.82, 2.24) is 0 Å². The minimum Gasteiger partial charge on any atom is -0.386 e. The molecule has 0 fully saturated rings. The quantitative estimate of drug-likeness (QED) is 0.784. The summed E-state index contributed by atoms with van der Waals surface area (Å²) in [5.74, 6) is 0. The molecule has 0 saturated heterocycles. The number of hydrogen-bond acceptors (Lipinski definition) is 1. The smallest absolute Gasteiger partial charge is 0.137 e. The second kappa shape index (κ2) is 4.52. The van der Waals surface area contributed by atoms with Gasteiger partial charge in [0, 0.05) is 5.02 Å². The highest BCUT2D eigenvalue weighted by Gasteiger charge is 2.18. The first-order chi connectivity index (χ1) is 6.04. The van der Waals surface area contributed by atoms with E-state index in [9.17, 15) is 5.11 Å². The zero-order valence-electron chi connectivity index (χ0n) is 6.97. The first-order valence-corrected chi connectivity index (χ1v) is 5.00. The van der Waals surface area contributed by atoms with Crippen molar-refractivity contribution in [3.8, 4) is 0 Å². The summed E-state index contributed by atoms with van der Waals surface area (Å²) in [6.07, 6.45) is -0.887. The maximum Gasteiger partial charge on any atom is 0.137 e. The maximum atomic E-state index is 9.58. The Kier molecular flexibility index (Phi) is 3.87.